The number of nitrogens with one attached hydrogen (secondary N) is 1. The molecule has 0 fully saturated rings. The number of benzene rings is 1. The van der Waals surface area contributed by atoms with E-state index < -0.39 is 0 Å². The van der Waals surface area contributed by atoms with Crippen LogP contribution in [0.5, 0.6) is 0 Å². The van der Waals surface area contributed by atoms with E-state index in [-0.39, 0.29) is 11.9 Å². The van der Waals surface area contributed by atoms with Gasteiger partial charge < -0.3 is 10.2 Å². The summed E-state index contributed by atoms with van der Waals surface area (Å²) in [6.07, 6.45) is 0. The molecule has 1 rings (SSSR count). The number of rotatable bonds is 4. The Hall–Kier alpha value is -1.51. The Kier molecular flexibility index (Phi) is 4.35. The van der Waals surface area contributed by atoms with E-state index in [0.29, 0.717) is 0 Å². The van der Waals surface area contributed by atoms with Crippen LogP contribution < -0.4 is 5.32 Å². The Bertz CT molecular complexity index is 343. The Morgan fingerprint density at radius 1 is 1.31 bits per heavy atom. The molecule has 0 saturated carbocycles. The minimum atomic E-state index is 0.0974. The average Bonchev–Trinajstić information content (AvgIpc) is 2.29. The van der Waals surface area contributed by atoms with Gasteiger partial charge in [-0.05, 0) is 45.0 Å². The topological polar surface area (TPSA) is 32.3 Å². The molecule has 0 unspecified atom stereocenters. The predicted molar refractivity (Wildman–Crippen MR) is 67.8 cm³/mol. The van der Waals surface area contributed by atoms with Crippen molar-refractivity contribution in [1.29, 1.82) is 0 Å². The lowest BCUT2D eigenvalue weighted by molar-refractivity contribution is 0.0717. The van der Waals surface area contributed by atoms with Gasteiger partial charge in [0.1, 0.15) is 0 Å². The van der Waals surface area contributed by atoms with Crippen LogP contribution in [0.4, 0.5) is 5.69 Å². The summed E-state index contributed by atoms with van der Waals surface area (Å²) in [6.45, 7) is 6.80. The zero-order valence-electron chi connectivity index (χ0n) is 10.4. The first-order valence-corrected chi connectivity index (χ1v) is 5.69. The molecule has 1 N–H and O–H groups in total. The largest absolute Gasteiger partial charge is 0.388 e. The molecule has 0 aromatic heterocycles. The first kappa shape index (κ1) is 12.6. The molecule has 1 aromatic rings. The predicted octanol–water partition coefficient (Wildman–Crippen LogP) is 2.60. The van der Waals surface area contributed by atoms with E-state index in [1.165, 1.54) is 0 Å². The fourth-order valence-electron chi connectivity index (χ4n) is 1.69. The standard InChI is InChI=1S/C13H20N2O/c1-5-15(10(2)3)13(16)11-6-8-12(14-4)9-7-11/h6-10,14H,5H2,1-4H3. The van der Waals surface area contributed by atoms with Crippen molar-refractivity contribution in [2.45, 2.75) is 26.8 Å². The molecule has 0 atom stereocenters. The summed E-state index contributed by atoms with van der Waals surface area (Å²) in [7, 11) is 1.86. The average molecular weight is 220 g/mol. The van der Waals surface area contributed by atoms with Crippen LogP contribution in [-0.2, 0) is 0 Å². The highest BCUT2D eigenvalue weighted by atomic mass is 16.2. The minimum Gasteiger partial charge on any atom is -0.388 e. The zero-order chi connectivity index (χ0) is 12.1. The molecular weight excluding hydrogens is 200 g/mol. The van der Waals surface area contributed by atoms with Gasteiger partial charge >= 0.3 is 0 Å². The highest BCUT2D eigenvalue weighted by Crippen LogP contribution is 2.12. The molecule has 0 spiro atoms. The van der Waals surface area contributed by atoms with Crippen molar-refractivity contribution in [2.75, 3.05) is 18.9 Å². The van der Waals surface area contributed by atoms with Crippen LogP contribution in [0, 0.1) is 0 Å². The van der Waals surface area contributed by atoms with Crippen LogP contribution in [0.15, 0.2) is 24.3 Å². The van der Waals surface area contributed by atoms with E-state index in [1.54, 1.807) is 0 Å². The molecule has 3 nitrogen and oxygen atoms in total. The molecule has 3 heteroatoms. The van der Waals surface area contributed by atoms with Crippen molar-refractivity contribution in [3.8, 4) is 0 Å². The fraction of sp³-hybridized carbons (Fsp3) is 0.462. The van der Waals surface area contributed by atoms with E-state index >= 15 is 0 Å². The molecular formula is C13H20N2O. The summed E-state index contributed by atoms with van der Waals surface area (Å²) in [6, 6.07) is 7.79. The van der Waals surface area contributed by atoms with Crippen molar-refractivity contribution in [2.24, 2.45) is 0 Å². The smallest absolute Gasteiger partial charge is 0.254 e. The molecule has 1 amide bonds. The number of nitrogens with zero attached hydrogens (tertiary/aromatic N) is 1. The number of hydrogen-bond acceptors (Lipinski definition) is 2. The quantitative estimate of drug-likeness (QED) is 0.846. The molecule has 0 saturated heterocycles. The van der Waals surface area contributed by atoms with Gasteiger partial charge in [-0.15, -0.1) is 0 Å². The molecule has 0 radical (unpaired) electrons. The summed E-state index contributed by atoms with van der Waals surface area (Å²) >= 11 is 0. The third-order valence-electron chi connectivity index (χ3n) is 2.65. The first-order valence-electron chi connectivity index (χ1n) is 5.69. The van der Waals surface area contributed by atoms with Crippen molar-refractivity contribution in [3.63, 3.8) is 0 Å². The third kappa shape index (κ3) is 2.75. The molecule has 0 bridgehead atoms. The van der Waals surface area contributed by atoms with Gasteiger partial charge in [0.15, 0.2) is 0 Å². The number of anilines is 1. The highest BCUT2D eigenvalue weighted by Gasteiger charge is 2.16. The number of amides is 1. The van der Waals surface area contributed by atoms with Crippen LogP contribution in [0.2, 0.25) is 0 Å². The van der Waals surface area contributed by atoms with Crippen molar-refractivity contribution >= 4 is 11.6 Å². The second-order valence-corrected chi connectivity index (χ2v) is 4.01. The maximum absolute atomic E-state index is 12.1. The van der Waals surface area contributed by atoms with E-state index in [9.17, 15) is 4.79 Å². The lowest BCUT2D eigenvalue weighted by atomic mass is 10.1. The Balaban J connectivity index is 2.86. The zero-order valence-corrected chi connectivity index (χ0v) is 10.4. The van der Waals surface area contributed by atoms with E-state index in [4.69, 9.17) is 0 Å². The van der Waals surface area contributed by atoms with Crippen LogP contribution in [0.25, 0.3) is 0 Å². The normalized spacial score (nSPS) is 10.3. The monoisotopic (exact) mass is 220 g/mol. The maximum atomic E-state index is 12.1. The molecule has 0 aliphatic rings. The second-order valence-electron chi connectivity index (χ2n) is 4.01. The molecule has 0 aliphatic heterocycles. The number of carbonyl (C=O) groups excluding carboxylic acids is 1. The summed E-state index contributed by atoms with van der Waals surface area (Å²) in [5.74, 6) is 0.0974. The Labute approximate surface area is 97.5 Å². The van der Waals surface area contributed by atoms with Gasteiger partial charge in [0.05, 0.1) is 0 Å². The fourth-order valence-corrected chi connectivity index (χ4v) is 1.69. The van der Waals surface area contributed by atoms with Gasteiger partial charge in [-0.25, -0.2) is 0 Å². The van der Waals surface area contributed by atoms with Crippen LogP contribution in [-0.4, -0.2) is 30.4 Å². The SMILES string of the molecule is CCN(C(=O)c1ccc(NC)cc1)C(C)C. The summed E-state index contributed by atoms with van der Waals surface area (Å²) < 4.78 is 0. The van der Waals surface area contributed by atoms with E-state index in [1.807, 2.05) is 57.0 Å². The lowest BCUT2D eigenvalue weighted by Crippen LogP contribution is -2.36. The third-order valence-corrected chi connectivity index (χ3v) is 2.65. The van der Waals surface area contributed by atoms with Gasteiger partial charge in [0.2, 0.25) is 0 Å². The highest BCUT2D eigenvalue weighted by molar-refractivity contribution is 5.94. The lowest BCUT2D eigenvalue weighted by Gasteiger charge is -2.25. The number of carbonyl (C=O) groups is 1. The van der Waals surface area contributed by atoms with Crippen LogP contribution in [0.3, 0.4) is 0 Å². The molecule has 0 aliphatic carbocycles. The molecule has 16 heavy (non-hydrogen) atoms. The van der Waals surface area contributed by atoms with Crippen LogP contribution in [0.1, 0.15) is 31.1 Å². The molecule has 88 valence electrons. The Morgan fingerprint density at radius 3 is 2.25 bits per heavy atom. The van der Waals surface area contributed by atoms with Crippen LogP contribution >= 0.6 is 0 Å². The van der Waals surface area contributed by atoms with E-state index in [2.05, 4.69) is 5.32 Å². The summed E-state index contributed by atoms with van der Waals surface area (Å²) in [4.78, 5) is 14.0. The van der Waals surface area contributed by atoms with Gasteiger partial charge in [0.25, 0.3) is 5.91 Å². The van der Waals surface area contributed by atoms with Gasteiger partial charge in [-0.1, -0.05) is 0 Å². The summed E-state index contributed by atoms with van der Waals surface area (Å²) in [5.41, 5.74) is 1.76. The summed E-state index contributed by atoms with van der Waals surface area (Å²) in [5, 5.41) is 3.03. The van der Waals surface area contributed by atoms with Gasteiger partial charge in [0, 0.05) is 30.9 Å². The van der Waals surface area contributed by atoms with Crippen molar-refractivity contribution in [1.82, 2.24) is 4.90 Å². The van der Waals surface area contributed by atoms with Gasteiger partial charge in [-0.3, -0.25) is 4.79 Å². The van der Waals surface area contributed by atoms with Gasteiger partial charge in [-0.2, -0.15) is 0 Å². The number of hydrogen-bond donors (Lipinski definition) is 1. The van der Waals surface area contributed by atoms with E-state index in [0.717, 1.165) is 17.8 Å². The van der Waals surface area contributed by atoms with Crippen molar-refractivity contribution < 1.29 is 4.79 Å². The first-order chi connectivity index (χ1) is 7.60. The minimum absolute atomic E-state index is 0.0974. The maximum Gasteiger partial charge on any atom is 0.254 e. The Morgan fingerprint density at radius 2 is 1.88 bits per heavy atom. The van der Waals surface area contributed by atoms with Crippen molar-refractivity contribution in [3.05, 3.63) is 29.8 Å². The molecule has 0 heterocycles. The second kappa shape index (κ2) is 5.54. The molecule has 1 aromatic carbocycles.